The zero-order chi connectivity index (χ0) is 11.7. The van der Waals surface area contributed by atoms with Gasteiger partial charge in [0.1, 0.15) is 0 Å². The molecule has 16 heavy (non-hydrogen) atoms. The Morgan fingerprint density at radius 3 is 2.69 bits per heavy atom. The van der Waals surface area contributed by atoms with Gasteiger partial charge in [-0.15, -0.1) is 0 Å². The Bertz CT molecular complexity index is 354. The van der Waals surface area contributed by atoms with E-state index in [0.717, 1.165) is 5.92 Å². The van der Waals surface area contributed by atoms with Crippen molar-refractivity contribution in [2.24, 2.45) is 28.6 Å². The lowest BCUT2D eigenvalue weighted by Crippen LogP contribution is -2.38. The van der Waals surface area contributed by atoms with Gasteiger partial charge < -0.3 is 5.11 Å². The third-order valence-electron chi connectivity index (χ3n) is 6.10. The van der Waals surface area contributed by atoms with Gasteiger partial charge in [-0.25, -0.2) is 0 Å². The minimum Gasteiger partial charge on any atom is -0.389 e. The molecule has 0 spiro atoms. The minimum atomic E-state index is -0.173. The summed E-state index contributed by atoms with van der Waals surface area (Å²) in [7, 11) is 0. The molecule has 0 saturated heterocycles. The Kier molecular flexibility index (Phi) is 1.98. The van der Waals surface area contributed by atoms with Crippen LogP contribution in [0.4, 0.5) is 0 Å². The van der Waals surface area contributed by atoms with E-state index >= 15 is 0 Å². The van der Waals surface area contributed by atoms with Crippen molar-refractivity contribution in [1.82, 2.24) is 0 Å². The first-order chi connectivity index (χ1) is 7.40. The molecule has 0 amide bonds. The van der Waals surface area contributed by atoms with Crippen LogP contribution in [-0.2, 0) is 0 Å². The molecule has 2 fully saturated rings. The zero-order valence-electron chi connectivity index (χ0n) is 11.0. The Balaban J connectivity index is 2.06. The van der Waals surface area contributed by atoms with Crippen molar-refractivity contribution >= 4 is 0 Å². The summed E-state index contributed by atoms with van der Waals surface area (Å²) in [6, 6.07) is 0. The van der Waals surface area contributed by atoms with Gasteiger partial charge in [0.25, 0.3) is 0 Å². The van der Waals surface area contributed by atoms with Gasteiger partial charge in [-0.1, -0.05) is 39.3 Å². The van der Waals surface area contributed by atoms with E-state index in [0.29, 0.717) is 22.7 Å². The van der Waals surface area contributed by atoms with Crippen molar-refractivity contribution in [3.05, 3.63) is 11.6 Å². The van der Waals surface area contributed by atoms with E-state index in [1.807, 2.05) is 0 Å². The van der Waals surface area contributed by atoms with Gasteiger partial charge in [0, 0.05) is 0 Å². The molecule has 1 N–H and O–H groups in total. The van der Waals surface area contributed by atoms with Crippen LogP contribution in [0.3, 0.4) is 0 Å². The number of rotatable bonds is 0. The van der Waals surface area contributed by atoms with Crippen molar-refractivity contribution in [2.75, 3.05) is 0 Å². The number of aliphatic hydroxyl groups is 1. The summed E-state index contributed by atoms with van der Waals surface area (Å²) >= 11 is 0. The quantitative estimate of drug-likeness (QED) is 0.620. The Labute approximate surface area is 98.9 Å². The fourth-order valence-electron chi connectivity index (χ4n) is 5.02. The molecule has 3 aliphatic rings. The average Bonchev–Trinajstić information content (AvgIpc) is 2.77. The van der Waals surface area contributed by atoms with Crippen LogP contribution in [0.2, 0.25) is 0 Å². The van der Waals surface area contributed by atoms with E-state index in [9.17, 15) is 5.11 Å². The summed E-state index contributed by atoms with van der Waals surface area (Å²) in [5.41, 5.74) is 2.29. The second-order valence-electron chi connectivity index (χ2n) is 7.08. The predicted octanol–water partition coefficient (Wildman–Crippen LogP) is 3.39. The van der Waals surface area contributed by atoms with Crippen molar-refractivity contribution < 1.29 is 5.11 Å². The van der Waals surface area contributed by atoms with E-state index < -0.39 is 0 Å². The van der Waals surface area contributed by atoms with Gasteiger partial charge in [0.05, 0.1) is 6.10 Å². The third-order valence-corrected chi connectivity index (χ3v) is 6.10. The van der Waals surface area contributed by atoms with Gasteiger partial charge in [-0.05, 0) is 47.8 Å². The van der Waals surface area contributed by atoms with Crippen LogP contribution in [-0.4, -0.2) is 11.2 Å². The lowest BCUT2D eigenvalue weighted by atomic mass is 9.59. The fraction of sp³-hybridized carbons (Fsp3) is 0.867. The molecule has 90 valence electrons. The number of allylic oxidation sites excluding steroid dienone is 1. The van der Waals surface area contributed by atoms with Crippen molar-refractivity contribution in [3.63, 3.8) is 0 Å². The molecule has 1 unspecified atom stereocenters. The molecule has 3 rings (SSSR count). The molecule has 1 nitrogen and oxygen atoms in total. The number of hydrogen-bond acceptors (Lipinski definition) is 1. The third kappa shape index (κ3) is 1.06. The molecular formula is C15H24O. The summed E-state index contributed by atoms with van der Waals surface area (Å²) in [6.45, 7) is 9.56. The molecule has 0 aliphatic heterocycles. The van der Waals surface area contributed by atoms with E-state index in [2.05, 4.69) is 33.8 Å². The van der Waals surface area contributed by atoms with E-state index in [-0.39, 0.29) is 6.10 Å². The molecule has 1 heteroatoms. The smallest absolute Gasteiger partial charge is 0.0760 e. The molecule has 3 aliphatic carbocycles. The first-order valence-corrected chi connectivity index (χ1v) is 6.79. The zero-order valence-corrected chi connectivity index (χ0v) is 11.0. The Morgan fingerprint density at radius 2 is 2.00 bits per heavy atom. The molecule has 0 aromatic heterocycles. The van der Waals surface area contributed by atoms with Gasteiger partial charge in [-0.3, -0.25) is 0 Å². The minimum absolute atomic E-state index is 0.173. The van der Waals surface area contributed by atoms with Crippen LogP contribution in [0.25, 0.3) is 0 Å². The summed E-state index contributed by atoms with van der Waals surface area (Å²) < 4.78 is 0. The average molecular weight is 220 g/mol. The molecule has 5 atom stereocenters. The van der Waals surface area contributed by atoms with Crippen molar-refractivity contribution in [3.8, 4) is 0 Å². The topological polar surface area (TPSA) is 20.2 Å². The van der Waals surface area contributed by atoms with Crippen LogP contribution in [0.1, 0.15) is 47.0 Å². The van der Waals surface area contributed by atoms with Gasteiger partial charge in [-0.2, -0.15) is 0 Å². The second kappa shape index (κ2) is 2.93. The lowest BCUT2D eigenvalue weighted by Gasteiger charge is -2.46. The van der Waals surface area contributed by atoms with Crippen molar-refractivity contribution in [1.29, 1.82) is 0 Å². The molecule has 0 aromatic carbocycles. The maximum absolute atomic E-state index is 10.2. The van der Waals surface area contributed by atoms with Crippen LogP contribution in [0, 0.1) is 28.6 Å². The summed E-state index contributed by atoms with van der Waals surface area (Å²) in [4.78, 5) is 0. The van der Waals surface area contributed by atoms with Gasteiger partial charge >= 0.3 is 0 Å². The number of hydrogen-bond donors (Lipinski definition) is 1. The monoisotopic (exact) mass is 220 g/mol. The SMILES string of the molecule is C[C@@H]1CCCC2=C[C@H](O)C3[C@@H](C3(C)C)[C@]21C. The Morgan fingerprint density at radius 1 is 1.31 bits per heavy atom. The molecule has 0 radical (unpaired) electrons. The summed E-state index contributed by atoms with van der Waals surface area (Å²) in [5.74, 6) is 2.02. The lowest BCUT2D eigenvalue weighted by molar-refractivity contribution is 0.103. The van der Waals surface area contributed by atoms with E-state index in [4.69, 9.17) is 0 Å². The number of fused-ring (bicyclic) bond motifs is 3. The maximum atomic E-state index is 10.2. The largest absolute Gasteiger partial charge is 0.389 e. The first-order valence-electron chi connectivity index (χ1n) is 6.79. The molecule has 0 aromatic rings. The predicted molar refractivity (Wildman–Crippen MR) is 66.0 cm³/mol. The molecule has 2 saturated carbocycles. The highest BCUT2D eigenvalue weighted by molar-refractivity contribution is 5.34. The van der Waals surface area contributed by atoms with Gasteiger partial charge in [0.2, 0.25) is 0 Å². The Hall–Kier alpha value is -0.300. The second-order valence-corrected chi connectivity index (χ2v) is 7.08. The van der Waals surface area contributed by atoms with Crippen LogP contribution < -0.4 is 0 Å². The van der Waals surface area contributed by atoms with E-state index in [1.165, 1.54) is 19.3 Å². The van der Waals surface area contributed by atoms with Crippen LogP contribution >= 0.6 is 0 Å². The highest BCUT2D eigenvalue weighted by atomic mass is 16.3. The number of aliphatic hydroxyl groups excluding tert-OH is 1. The molecular weight excluding hydrogens is 196 g/mol. The molecule has 0 heterocycles. The van der Waals surface area contributed by atoms with Gasteiger partial charge in [0.15, 0.2) is 0 Å². The molecule has 0 bridgehead atoms. The summed E-state index contributed by atoms with van der Waals surface area (Å²) in [5, 5.41) is 10.2. The standard InChI is InChI=1S/C15H24O/c1-9-6-5-7-10-8-11(16)12-13(14(12,2)3)15(9,10)4/h8-9,11-13,16H,5-7H2,1-4H3/t9-,11+,12?,13+,15+/m1/s1. The normalized spacial score (nSPS) is 53.7. The van der Waals surface area contributed by atoms with Crippen LogP contribution in [0.15, 0.2) is 11.6 Å². The fourth-order valence-corrected chi connectivity index (χ4v) is 5.02. The van der Waals surface area contributed by atoms with E-state index in [1.54, 1.807) is 5.57 Å². The highest BCUT2D eigenvalue weighted by Gasteiger charge is 2.70. The maximum Gasteiger partial charge on any atom is 0.0760 e. The first kappa shape index (κ1) is 10.8. The van der Waals surface area contributed by atoms with Crippen LogP contribution in [0.5, 0.6) is 0 Å². The van der Waals surface area contributed by atoms with Crippen molar-refractivity contribution in [2.45, 2.75) is 53.1 Å². The highest BCUT2D eigenvalue weighted by Crippen LogP contribution is 2.74. The summed E-state index contributed by atoms with van der Waals surface area (Å²) in [6.07, 6.45) is 5.92.